The number of rotatable bonds is 5. The van der Waals surface area contributed by atoms with Crippen LogP contribution in [0.5, 0.6) is 0 Å². The Morgan fingerprint density at radius 1 is 1.56 bits per heavy atom. The van der Waals surface area contributed by atoms with Crippen molar-refractivity contribution in [2.24, 2.45) is 0 Å². The molecule has 2 aromatic rings. The van der Waals surface area contributed by atoms with Crippen LogP contribution >= 0.6 is 11.3 Å². The van der Waals surface area contributed by atoms with Gasteiger partial charge in [-0.1, -0.05) is 6.07 Å². The van der Waals surface area contributed by atoms with E-state index in [1.807, 2.05) is 25.3 Å². The fraction of sp³-hybridized carbons (Fsp3) is 0.455. The second-order valence-electron chi connectivity index (χ2n) is 4.12. The molecule has 0 bridgehead atoms. The van der Waals surface area contributed by atoms with Crippen LogP contribution in [0, 0.1) is 0 Å². The Kier molecular flexibility index (Phi) is 4.03. The van der Waals surface area contributed by atoms with E-state index in [2.05, 4.69) is 20.8 Å². The van der Waals surface area contributed by atoms with Crippen LogP contribution in [0.2, 0.25) is 0 Å². The summed E-state index contributed by atoms with van der Waals surface area (Å²) in [5.74, 6) is 0.741. The highest BCUT2D eigenvalue weighted by atomic mass is 32.1. The smallest absolute Gasteiger partial charge is 0.261 e. The average Bonchev–Trinajstić information content (AvgIpc) is 2.99. The molecule has 0 fully saturated rings. The highest BCUT2D eigenvalue weighted by molar-refractivity contribution is 7.12. The Labute approximate surface area is 109 Å². The van der Waals surface area contributed by atoms with Crippen molar-refractivity contribution in [1.82, 2.24) is 25.5 Å². The molecule has 0 aromatic carbocycles. The molecule has 2 aromatic heterocycles. The van der Waals surface area contributed by atoms with Crippen molar-refractivity contribution in [2.75, 3.05) is 6.54 Å². The van der Waals surface area contributed by atoms with Gasteiger partial charge >= 0.3 is 0 Å². The van der Waals surface area contributed by atoms with Crippen molar-refractivity contribution >= 4 is 17.2 Å². The predicted molar refractivity (Wildman–Crippen MR) is 68.6 cm³/mol. The Morgan fingerprint density at radius 2 is 2.39 bits per heavy atom. The van der Waals surface area contributed by atoms with E-state index in [4.69, 9.17) is 0 Å². The molecule has 0 aliphatic rings. The normalized spacial score (nSPS) is 10.8. The molecule has 18 heavy (non-hydrogen) atoms. The zero-order valence-electron chi connectivity index (χ0n) is 10.3. The molecule has 0 unspecified atom stereocenters. The van der Waals surface area contributed by atoms with E-state index in [0.29, 0.717) is 13.0 Å². The number of nitrogens with zero attached hydrogens (tertiary/aromatic N) is 4. The number of nitrogens with one attached hydrogen (secondary N) is 1. The van der Waals surface area contributed by atoms with Crippen molar-refractivity contribution in [1.29, 1.82) is 0 Å². The van der Waals surface area contributed by atoms with Gasteiger partial charge in [-0.25, -0.2) is 4.68 Å². The van der Waals surface area contributed by atoms with Gasteiger partial charge in [0.25, 0.3) is 5.91 Å². The molecule has 6 nitrogen and oxygen atoms in total. The Balaban J connectivity index is 1.85. The van der Waals surface area contributed by atoms with Crippen molar-refractivity contribution in [2.45, 2.75) is 26.3 Å². The topological polar surface area (TPSA) is 72.7 Å². The Morgan fingerprint density at radius 3 is 3.06 bits per heavy atom. The molecule has 0 radical (unpaired) electrons. The van der Waals surface area contributed by atoms with E-state index >= 15 is 0 Å². The molecule has 0 atom stereocenters. The van der Waals surface area contributed by atoms with E-state index in [1.165, 1.54) is 11.3 Å². The van der Waals surface area contributed by atoms with Gasteiger partial charge in [-0.3, -0.25) is 4.79 Å². The first-order valence-corrected chi connectivity index (χ1v) is 6.65. The van der Waals surface area contributed by atoms with Gasteiger partial charge in [0.1, 0.15) is 0 Å². The van der Waals surface area contributed by atoms with Gasteiger partial charge < -0.3 is 5.32 Å². The lowest BCUT2D eigenvalue weighted by molar-refractivity contribution is 0.0958. The second kappa shape index (κ2) is 5.72. The summed E-state index contributed by atoms with van der Waals surface area (Å²) in [4.78, 5) is 12.4. The molecule has 0 aliphatic carbocycles. The molecule has 1 N–H and O–H groups in total. The molecular formula is C11H15N5OS. The maximum Gasteiger partial charge on any atom is 0.261 e. The Bertz CT molecular complexity index is 505. The van der Waals surface area contributed by atoms with Gasteiger partial charge in [0, 0.05) is 13.0 Å². The van der Waals surface area contributed by atoms with Crippen LogP contribution in [0.15, 0.2) is 17.5 Å². The van der Waals surface area contributed by atoms with Gasteiger partial charge in [-0.2, -0.15) is 0 Å². The summed E-state index contributed by atoms with van der Waals surface area (Å²) >= 11 is 1.43. The molecule has 96 valence electrons. The first-order valence-electron chi connectivity index (χ1n) is 5.77. The largest absolute Gasteiger partial charge is 0.351 e. The molecular weight excluding hydrogens is 250 g/mol. The summed E-state index contributed by atoms with van der Waals surface area (Å²) in [6, 6.07) is 3.89. The lowest BCUT2D eigenvalue weighted by Crippen LogP contribution is -2.26. The van der Waals surface area contributed by atoms with E-state index in [1.54, 1.807) is 10.7 Å². The molecule has 2 heterocycles. The number of amides is 1. The third kappa shape index (κ3) is 2.92. The quantitative estimate of drug-likeness (QED) is 0.884. The minimum Gasteiger partial charge on any atom is -0.351 e. The van der Waals surface area contributed by atoms with Crippen LogP contribution in [0.1, 0.15) is 35.4 Å². The van der Waals surface area contributed by atoms with Crippen molar-refractivity contribution in [3.8, 4) is 0 Å². The highest BCUT2D eigenvalue weighted by Gasteiger charge is 2.10. The number of thiophene rings is 1. The van der Waals surface area contributed by atoms with Crippen LogP contribution in [-0.4, -0.2) is 32.7 Å². The lowest BCUT2D eigenvalue weighted by atomic mass is 10.3. The SMILES string of the molecule is CC(C)n1nnnc1CCNC(=O)c1cccs1. The number of carbonyl (C=O) groups excluding carboxylic acids is 1. The van der Waals surface area contributed by atoms with Gasteiger partial charge in [0.15, 0.2) is 5.82 Å². The zero-order valence-corrected chi connectivity index (χ0v) is 11.1. The fourth-order valence-corrected chi connectivity index (χ4v) is 2.20. The van der Waals surface area contributed by atoms with Crippen LogP contribution in [-0.2, 0) is 6.42 Å². The summed E-state index contributed by atoms with van der Waals surface area (Å²) < 4.78 is 1.76. The third-order valence-corrected chi connectivity index (χ3v) is 3.30. The van der Waals surface area contributed by atoms with E-state index in [9.17, 15) is 4.79 Å². The minimum atomic E-state index is -0.0476. The summed E-state index contributed by atoms with van der Waals surface area (Å²) in [6.07, 6.45) is 0.627. The molecule has 1 amide bonds. The number of tetrazole rings is 1. The first-order chi connectivity index (χ1) is 8.68. The highest BCUT2D eigenvalue weighted by Crippen LogP contribution is 2.08. The first kappa shape index (κ1) is 12.7. The predicted octanol–water partition coefficient (Wildman–Crippen LogP) is 1.29. The molecule has 0 saturated heterocycles. The second-order valence-corrected chi connectivity index (χ2v) is 5.06. The average molecular weight is 265 g/mol. The maximum absolute atomic E-state index is 11.7. The van der Waals surface area contributed by atoms with Crippen LogP contribution in [0.3, 0.4) is 0 Å². The summed E-state index contributed by atoms with van der Waals surface area (Å²) in [5, 5.41) is 16.2. The van der Waals surface area contributed by atoms with Gasteiger partial charge in [-0.05, 0) is 35.7 Å². The van der Waals surface area contributed by atoms with Crippen LogP contribution in [0.4, 0.5) is 0 Å². The summed E-state index contributed by atoms with van der Waals surface area (Å²) in [5.41, 5.74) is 0. The fourth-order valence-electron chi connectivity index (χ4n) is 1.56. The van der Waals surface area contributed by atoms with Gasteiger partial charge in [-0.15, -0.1) is 16.4 Å². The molecule has 0 aliphatic heterocycles. The third-order valence-electron chi connectivity index (χ3n) is 2.43. The van der Waals surface area contributed by atoms with Gasteiger partial charge in [0.2, 0.25) is 0 Å². The molecule has 0 saturated carbocycles. The zero-order chi connectivity index (χ0) is 13.0. The molecule has 7 heteroatoms. The number of hydrogen-bond acceptors (Lipinski definition) is 5. The van der Waals surface area contributed by atoms with E-state index in [0.717, 1.165) is 10.7 Å². The number of carbonyl (C=O) groups is 1. The number of hydrogen-bond donors (Lipinski definition) is 1. The van der Waals surface area contributed by atoms with Crippen molar-refractivity contribution in [3.63, 3.8) is 0 Å². The van der Waals surface area contributed by atoms with Crippen molar-refractivity contribution in [3.05, 3.63) is 28.2 Å². The summed E-state index contributed by atoms with van der Waals surface area (Å²) in [7, 11) is 0. The van der Waals surface area contributed by atoms with Crippen molar-refractivity contribution < 1.29 is 4.79 Å². The Hall–Kier alpha value is -1.76. The molecule has 0 spiro atoms. The monoisotopic (exact) mass is 265 g/mol. The van der Waals surface area contributed by atoms with E-state index in [-0.39, 0.29) is 11.9 Å². The molecule has 2 rings (SSSR count). The van der Waals surface area contributed by atoms with Gasteiger partial charge in [0.05, 0.1) is 10.9 Å². The summed E-state index contributed by atoms with van der Waals surface area (Å²) in [6.45, 7) is 4.57. The van der Waals surface area contributed by atoms with Crippen LogP contribution < -0.4 is 5.32 Å². The minimum absolute atomic E-state index is 0.0476. The lowest BCUT2D eigenvalue weighted by Gasteiger charge is -2.07. The van der Waals surface area contributed by atoms with E-state index < -0.39 is 0 Å². The standard InChI is InChI=1S/C11H15N5OS/c1-8(2)16-10(13-14-15-16)5-6-12-11(17)9-4-3-7-18-9/h3-4,7-8H,5-6H2,1-2H3,(H,12,17). The number of aromatic nitrogens is 4. The van der Waals surface area contributed by atoms with Crippen LogP contribution in [0.25, 0.3) is 0 Å². The maximum atomic E-state index is 11.7.